The minimum absolute atomic E-state index is 0.114. The molecule has 65 heavy (non-hydrogen) atoms. The second-order valence-electron chi connectivity index (χ2n) is 17.1. The zero-order valence-electron chi connectivity index (χ0n) is 35.4. The fourth-order valence-corrected chi connectivity index (χ4v) is 17.0. The van der Waals surface area contributed by atoms with Gasteiger partial charge in [0.05, 0.1) is 16.7 Å². The minimum Gasteiger partial charge on any atom is -0.458 e. The average molecular weight is 862 g/mol. The highest BCUT2D eigenvalue weighted by Gasteiger charge is 2.42. The molecule has 0 spiro atoms. The first-order valence-electron chi connectivity index (χ1n) is 22.4. The lowest BCUT2D eigenvalue weighted by atomic mass is 9.57. The Morgan fingerprint density at radius 3 is 1.65 bits per heavy atom. The second-order valence-corrected chi connectivity index (χ2v) is 22.1. The standard InChI is InChI=1S/C60H40BNOSSi/c1-4-20-44(21-5-1)65(45-22-6-2-7-23-45,46-24-8-3-9-25-46)47-26-18-19-41(37-47)43-39-52-51-38-42(35-36-59(51)64-61-53-30-13-17-34-57(53)63-58(40-43)60(52)61)48-27-10-14-31-54(48)62-55-32-15-11-28-49(55)50-29-12-16-33-56(50)62/h1-40H. The van der Waals surface area contributed by atoms with Crippen LogP contribution in [0.25, 0.3) is 60.9 Å². The molecule has 0 amide bonds. The summed E-state index contributed by atoms with van der Waals surface area (Å²) in [5, 5.41) is 7.94. The van der Waals surface area contributed by atoms with E-state index in [9.17, 15) is 0 Å². The highest BCUT2D eigenvalue weighted by molar-refractivity contribution is 8.28. The maximum absolute atomic E-state index is 6.96. The van der Waals surface area contributed by atoms with E-state index in [1.54, 1.807) is 0 Å². The Morgan fingerprint density at radius 1 is 0.385 bits per heavy atom. The summed E-state index contributed by atoms with van der Waals surface area (Å²) >= 11 is 1.94. The summed E-state index contributed by atoms with van der Waals surface area (Å²) in [6.07, 6.45) is 0. The number of nitrogens with zero attached hydrogens (tertiary/aromatic N) is 1. The summed E-state index contributed by atoms with van der Waals surface area (Å²) in [5.41, 5.74) is 13.2. The van der Waals surface area contributed by atoms with Gasteiger partial charge in [0, 0.05) is 21.2 Å². The number of ether oxygens (including phenoxy) is 1. The molecule has 0 saturated heterocycles. The average Bonchev–Trinajstić information content (AvgIpc) is 3.72. The van der Waals surface area contributed by atoms with Gasteiger partial charge in [0.2, 0.25) is 0 Å². The normalized spacial score (nSPS) is 12.6. The van der Waals surface area contributed by atoms with Gasteiger partial charge in [-0.15, -0.1) is 0 Å². The van der Waals surface area contributed by atoms with Crippen LogP contribution in [0.2, 0.25) is 0 Å². The maximum Gasteiger partial charge on any atom is 0.289 e. The first-order valence-corrected chi connectivity index (χ1v) is 25.2. The third-order valence-corrected chi connectivity index (χ3v) is 19.7. The lowest BCUT2D eigenvalue weighted by Gasteiger charge is -2.35. The molecule has 0 bridgehead atoms. The van der Waals surface area contributed by atoms with Gasteiger partial charge < -0.3 is 9.30 Å². The van der Waals surface area contributed by atoms with Crippen LogP contribution in [0.1, 0.15) is 0 Å². The molecule has 304 valence electrons. The summed E-state index contributed by atoms with van der Waals surface area (Å²) < 4.78 is 9.40. The molecule has 0 aliphatic carbocycles. The largest absolute Gasteiger partial charge is 0.458 e. The smallest absolute Gasteiger partial charge is 0.289 e. The molecule has 3 heterocycles. The molecule has 0 unspecified atom stereocenters. The van der Waals surface area contributed by atoms with Crippen LogP contribution in [0.4, 0.5) is 0 Å². The summed E-state index contributed by atoms with van der Waals surface area (Å²) in [7, 11) is -2.76. The number of rotatable bonds is 7. The molecule has 2 aliphatic heterocycles. The number of fused-ring (bicyclic) bond motifs is 7. The highest BCUT2D eigenvalue weighted by atomic mass is 32.2. The van der Waals surface area contributed by atoms with Crippen molar-refractivity contribution in [2.24, 2.45) is 0 Å². The predicted octanol–water partition coefficient (Wildman–Crippen LogP) is 11.5. The lowest BCUT2D eigenvalue weighted by molar-refractivity contribution is 0.488. The molecule has 10 aromatic carbocycles. The number of benzene rings is 10. The van der Waals surface area contributed by atoms with Crippen LogP contribution in [0.5, 0.6) is 11.5 Å². The Bertz CT molecular complexity index is 3480. The van der Waals surface area contributed by atoms with Gasteiger partial charge in [0.15, 0.2) is 8.07 Å². The molecule has 13 rings (SSSR count). The van der Waals surface area contributed by atoms with E-state index in [1.165, 1.54) is 91.9 Å². The summed E-state index contributed by atoms with van der Waals surface area (Å²) in [6.45, 7) is 0. The first-order chi connectivity index (χ1) is 32.2. The van der Waals surface area contributed by atoms with Crippen LogP contribution >= 0.6 is 11.6 Å². The first kappa shape index (κ1) is 37.9. The molecular weight excluding hydrogens is 822 g/mol. The van der Waals surface area contributed by atoms with Gasteiger partial charge in [-0.1, -0.05) is 194 Å². The molecule has 0 saturated carbocycles. The fourth-order valence-electron chi connectivity index (χ4n) is 10.8. The second kappa shape index (κ2) is 15.3. The molecule has 2 aliphatic rings. The van der Waals surface area contributed by atoms with E-state index in [0.29, 0.717) is 0 Å². The number of aromatic nitrogens is 1. The van der Waals surface area contributed by atoms with Gasteiger partial charge in [-0.3, -0.25) is 0 Å². The molecule has 0 N–H and O–H groups in total. The van der Waals surface area contributed by atoms with Crippen molar-refractivity contribution in [2.75, 3.05) is 0 Å². The van der Waals surface area contributed by atoms with E-state index >= 15 is 0 Å². The van der Waals surface area contributed by atoms with Gasteiger partial charge in [-0.2, -0.15) is 11.6 Å². The number of para-hydroxylation sites is 4. The summed E-state index contributed by atoms with van der Waals surface area (Å²) in [6, 6.07) is 89.7. The Morgan fingerprint density at radius 2 is 0.954 bits per heavy atom. The Hall–Kier alpha value is -7.57. The van der Waals surface area contributed by atoms with Crippen LogP contribution in [-0.4, -0.2) is 18.6 Å². The van der Waals surface area contributed by atoms with Gasteiger partial charge in [0.1, 0.15) is 11.5 Å². The third kappa shape index (κ3) is 5.96. The van der Waals surface area contributed by atoms with Crippen molar-refractivity contribution in [3.05, 3.63) is 243 Å². The van der Waals surface area contributed by atoms with Crippen LogP contribution in [0, 0.1) is 0 Å². The van der Waals surface area contributed by atoms with Crippen molar-refractivity contribution >= 4 is 79.2 Å². The summed E-state index contributed by atoms with van der Waals surface area (Å²) in [4.78, 5) is 1.28. The van der Waals surface area contributed by atoms with Crippen molar-refractivity contribution in [3.8, 4) is 50.6 Å². The monoisotopic (exact) mass is 861 g/mol. The van der Waals surface area contributed by atoms with Crippen molar-refractivity contribution in [2.45, 2.75) is 4.90 Å². The van der Waals surface area contributed by atoms with E-state index in [1.807, 2.05) is 11.6 Å². The van der Waals surface area contributed by atoms with Crippen molar-refractivity contribution in [1.29, 1.82) is 0 Å². The van der Waals surface area contributed by atoms with Crippen molar-refractivity contribution in [3.63, 3.8) is 0 Å². The molecule has 0 atom stereocenters. The molecule has 5 heteroatoms. The van der Waals surface area contributed by atoms with E-state index in [2.05, 4.69) is 247 Å². The molecule has 11 aromatic rings. The number of hydrogen-bond acceptors (Lipinski definition) is 2. The van der Waals surface area contributed by atoms with Gasteiger partial charge in [0.25, 0.3) is 5.99 Å². The molecule has 0 fully saturated rings. The quantitative estimate of drug-likeness (QED) is 0.117. The van der Waals surface area contributed by atoms with E-state index in [0.717, 1.165) is 17.1 Å². The van der Waals surface area contributed by atoms with Crippen LogP contribution < -0.4 is 36.4 Å². The Kier molecular flexibility index (Phi) is 8.93. The molecule has 0 radical (unpaired) electrons. The predicted molar refractivity (Wildman–Crippen MR) is 278 cm³/mol. The van der Waals surface area contributed by atoms with Crippen LogP contribution in [-0.2, 0) is 0 Å². The van der Waals surface area contributed by atoms with Gasteiger partial charge >= 0.3 is 0 Å². The Labute approximate surface area is 384 Å². The maximum atomic E-state index is 6.96. The van der Waals surface area contributed by atoms with Crippen LogP contribution in [0.3, 0.4) is 0 Å². The van der Waals surface area contributed by atoms with Gasteiger partial charge in [-0.25, -0.2) is 0 Å². The number of hydrogen-bond donors (Lipinski definition) is 0. The zero-order chi connectivity index (χ0) is 42.9. The lowest BCUT2D eigenvalue weighted by Crippen LogP contribution is -2.74. The highest BCUT2D eigenvalue weighted by Crippen LogP contribution is 2.47. The molecule has 2 nitrogen and oxygen atoms in total. The van der Waals surface area contributed by atoms with E-state index in [-0.39, 0.29) is 5.99 Å². The van der Waals surface area contributed by atoms with Crippen molar-refractivity contribution in [1.82, 2.24) is 4.57 Å². The van der Waals surface area contributed by atoms with E-state index in [4.69, 9.17) is 4.74 Å². The third-order valence-electron chi connectivity index (χ3n) is 13.6. The topological polar surface area (TPSA) is 14.2 Å². The van der Waals surface area contributed by atoms with Crippen molar-refractivity contribution < 1.29 is 4.74 Å². The fraction of sp³-hybridized carbons (Fsp3) is 0. The zero-order valence-corrected chi connectivity index (χ0v) is 37.3. The Balaban J connectivity index is 1.02. The molecule has 1 aromatic heterocycles. The minimum atomic E-state index is -2.76. The molecular formula is C60H40BNOSSi. The summed E-state index contributed by atoms with van der Waals surface area (Å²) in [5.74, 6) is 1.97. The van der Waals surface area contributed by atoms with Gasteiger partial charge in [-0.05, 0) is 108 Å². The van der Waals surface area contributed by atoms with Crippen LogP contribution in [0.15, 0.2) is 248 Å². The van der Waals surface area contributed by atoms with E-state index < -0.39 is 8.07 Å². The SMILES string of the molecule is c1ccc([Si](c2ccccc2)(c2ccccc2)c2cccc(-c3cc4c5c(c3)-c3cc(-c6ccccc6-n6c7ccccc7c7ccccc76)ccc3SB5c3ccccc3O4)c2)cc1.